The fourth-order valence-electron chi connectivity index (χ4n) is 2.82. The molecule has 0 aliphatic heterocycles. The number of halogens is 2. The van der Waals surface area contributed by atoms with Crippen molar-refractivity contribution in [2.45, 2.75) is 52.7 Å². The summed E-state index contributed by atoms with van der Waals surface area (Å²) in [6.45, 7) is 9.27. The van der Waals surface area contributed by atoms with Crippen molar-refractivity contribution >= 4 is 35.0 Å². The molecular weight excluding hydrogens is 423 g/mol. The monoisotopic (exact) mass is 450 g/mol. The third kappa shape index (κ3) is 7.22. The number of nitrogens with one attached hydrogen (secondary N) is 1. The van der Waals surface area contributed by atoms with Crippen LogP contribution in [0.5, 0.6) is 5.75 Å². The van der Waals surface area contributed by atoms with Crippen molar-refractivity contribution in [2.75, 3.05) is 6.61 Å². The molecule has 0 bridgehead atoms. The Morgan fingerprint density at radius 3 is 2.43 bits per heavy atom. The fraction of sp³-hybridized carbons (Fsp3) is 0.391. The molecule has 0 saturated carbocycles. The molecule has 2 rings (SSSR count). The molecule has 0 aromatic heterocycles. The molecule has 30 heavy (non-hydrogen) atoms. The van der Waals surface area contributed by atoms with Crippen LogP contribution < -0.4 is 10.1 Å². The van der Waals surface area contributed by atoms with E-state index >= 15 is 0 Å². The molecule has 162 valence electrons. The highest BCUT2D eigenvalue weighted by atomic mass is 35.5. The number of hydrogen-bond donors (Lipinski definition) is 1. The van der Waals surface area contributed by atoms with Crippen molar-refractivity contribution in [1.29, 1.82) is 0 Å². The molecule has 0 saturated heterocycles. The average Bonchev–Trinajstić information content (AvgIpc) is 2.63. The van der Waals surface area contributed by atoms with Crippen LogP contribution in [-0.4, -0.2) is 34.9 Å². The zero-order valence-corrected chi connectivity index (χ0v) is 19.5. The van der Waals surface area contributed by atoms with E-state index in [0.717, 1.165) is 5.56 Å². The first-order chi connectivity index (χ1) is 14.0. The summed E-state index contributed by atoms with van der Waals surface area (Å²) in [5.41, 5.74) is 1.30. The highest BCUT2D eigenvalue weighted by Gasteiger charge is 2.29. The van der Waals surface area contributed by atoms with E-state index in [9.17, 15) is 9.59 Å². The third-order valence-electron chi connectivity index (χ3n) is 4.37. The lowest BCUT2D eigenvalue weighted by Crippen LogP contribution is -2.53. The second kappa shape index (κ2) is 10.2. The minimum absolute atomic E-state index is 0.157. The predicted octanol–water partition coefficient (Wildman–Crippen LogP) is 5.01. The number of rotatable bonds is 7. The zero-order valence-electron chi connectivity index (χ0n) is 18.0. The topological polar surface area (TPSA) is 58.6 Å². The molecule has 7 heteroatoms. The largest absolute Gasteiger partial charge is 0.484 e. The quantitative estimate of drug-likeness (QED) is 0.644. The van der Waals surface area contributed by atoms with Crippen LogP contribution in [-0.2, 0) is 16.1 Å². The van der Waals surface area contributed by atoms with E-state index < -0.39 is 11.6 Å². The van der Waals surface area contributed by atoms with Gasteiger partial charge in [0.15, 0.2) is 6.61 Å². The van der Waals surface area contributed by atoms with Gasteiger partial charge >= 0.3 is 0 Å². The lowest BCUT2D eigenvalue weighted by Gasteiger charge is -2.31. The van der Waals surface area contributed by atoms with E-state index in [0.29, 0.717) is 21.4 Å². The van der Waals surface area contributed by atoms with Crippen LogP contribution in [0.4, 0.5) is 0 Å². The number of hydrogen-bond acceptors (Lipinski definition) is 3. The van der Waals surface area contributed by atoms with E-state index in [4.69, 9.17) is 27.9 Å². The Hall–Kier alpha value is -2.24. The van der Waals surface area contributed by atoms with Crippen LogP contribution in [0.25, 0.3) is 0 Å². The van der Waals surface area contributed by atoms with Gasteiger partial charge in [-0.3, -0.25) is 9.59 Å². The molecule has 5 nitrogen and oxygen atoms in total. The van der Waals surface area contributed by atoms with Crippen molar-refractivity contribution in [3.63, 3.8) is 0 Å². The molecule has 0 heterocycles. The molecule has 0 aliphatic rings. The predicted molar refractivity (Wildman–Crippen MR) is 121 cm³/mol. The van der Waals surface area contributed by atoms with Crippen LogP contribution in [0.1, 0.15) is 38.8 Å². The van der Waals surface area contributed by atoms with E-state index in [1.165, 1.54) is 4.90 Å². The first-order valence-corrected chi connectivity index (χ1v) is 10.5. The normalized spacial score (nSPS) is 12.2. The highest BCUT2D eigenvalue weighted by molar-refractivity contribution is 6.35. The number of ether oxygens (including phenoxy) is 1. The average molecular weight is 451 g/mol. The Morgan fingerprint density at radius 1 is 1.13 bits per heavy atom. The van der Waals surface area contributed by atoms with Crippen LogP contribution in [0, 0.1) is 6.92 Å². The second-order valence-electron chi connectivity index (χ2n) is 8.28. The number of carbonyl (C=O) groups is 2. The number of nitrogens with zero attached hydrogens (tertiary/aromatic N) is 1. The first kappa shape index (κ1) is 24.0. The van der Waals surface area contributed by atoms with Crippen LogP contribution in [0.3, 0.4) is 0 Å². The maximum absolute atomic E-state index is 13.0. The lowest BCUT2D eigenvalue weighted by atomic mass is 10.1. The summed E-state index contributed by atoms with van der Waals surface area (Å²) < 4.78 is 5.67. The smallest absolute Gasteiger partial charge is 0.261 e. The third-order valence-corrected chi connectivity index (χ3v) is 4.96. The Bertz CT molecular complexity index is 910. The molecule has 2 aromatic carbocycles. The molecule has 2 aromatic rings. The Labute approximate surface area is 188 Å². The van der Waals surface area contributed by atoms with Gasteiger partial charge in [0.25, 0.3) is 5.91 Å². The molecule has 1 N–H and O–H groups in total. The van der Waals surface area contributed by atoms with E-state index in [1.807, 2.05) is 45.9 Å². The van der Waals surface area contributed by atoms with Gasteiger partial charge in [-0.25, -0.2) is 0 Å². The maximum Gasteiger partial charge on any atom is 0.261 e. The standard InChI is InChI=1S/C23H28Cl2N2O3/c1-15-7-6-8-19(11-15)30-14-21(28)27(16(2)22(29)26-23(3,4)5)13-17-9-10-18(24)12-20(17)25/h6-12,16H,13-14H2,1-5H3,(H,26,29). The summed E-state index contributed by atoms with van der Waals surface area (Å²) >= 11 is 12.3. The highest BCUT2D eigenvalue weighted by Crippen LogP contribution is 2.23. The molecule has 0 radical (unpaired) electrons. The maximum atomic E-state index is 13.0. The van der Waals surface area contributed by atoms with E-state index in [1.54, 1.807) is 31.2 Å². The fourth-order valence-corrected chi connectivity index (χ4v) is 3.29. The minimum atomic E-state index is -0.718. The van der Waals surface area contributed by atoms with Crippen molar-refractivity contribution < 1.29 is 14.3 Å². The number of carbonyl (C=O) groups excluding carboxylic acids is 2. The van der Waals surface area contributed by atoms with Crippen molar-refractivity contribution in [3.05, 3.63) is 63.6 Å². The van der Waals surface area contributed by atoms with E-state index in [2.05, 4.69) is 5.32 Å². The molecule has 1 unspecified atom stereocenters. The summed E-state index contributed by atoms with van der Waals surface area (Å²) in [5.74, 6) is 0.0233. The van der Waals surface area contributed by atoms with Gasteiger partial charge in [0.1, 0.15) is 11.8 Å². The van der Waals surface area contributed by atoms with E-state index in [-0.39, 0.29) is 25.0 Å². The zero-order chi connectivity index (χ0) is 22.5. The van der Waals surface area contributed by atoms with Crippen molar-refractivity contribution in [3.8, 4) is 5.75 Å². The van der Waals surface area contributed by atoms with Crippen LogP contribution >= 0.6 is 23.2 Å². The van der Waals surface area contributed by atoms with Crippen molar-refractivity contribution in [2.24, 2.45) is 0 Å². The Balaban J connectivity index is 2.22. The van der Waals surface area contributed by atoms with Gasteiger partial charge in [-0.1, -0.05) is 41.4 Å². The second-order valence-corrected chi connectivity index (χ2v) is 9.12. The van der Waals surface area contributed by atoms with Gasteiger partial charge in [-0.05, 0) is 70.0 Å². The van der Waals surface area contributed by atoms with Crippen LogP contribution in [0.2, 0.25) is 10.0 Å². The van der Waals surface area contributed by atoms with Gasteiger partial charge in [-0.2, -0.15) is 0 Å². The number of benzene rings is 2. The Kier molecular flexibility index (Phi) is 8.16. The summed E-state index contributed by atoms with van der Waals surface area (Å²) in [6.07, 6.45) is 0. The van der Waals surface area contributed by atoms with Crippen LogP contribution in [0.15, 0.2) is 42.5 Å². The SMILES string of the molecule is Cc1cccc(OCC(=O)N(Cc2ccc(Cl)cc2Cl)C(C)C(=O)NC(C)(C)C)c1. The summed E-state index contributed by atoms with van der Waals surface area (Å²) in [7, 11) is 0. The molecule has 1 atom stereocenters. The molecule has 0 spiro atoms. The number of aryl methyl sites for hydroxylation is 1. The Morgan fingerprint density at radius 2 is 1.83 bits per heavy atom. The minimum Gasteiger partial charge on any atom is -0.484 e. The van der Waals surface area contributed by atoms with Gasteiger partial charge < -0.3 is 15.0 Å². The van der Waals surface area contributed by atoms with Crippen molar-refractivity contribution in [1.82, 2.24) is 10.2 Å². The molecule has 0 fully saturated rings. The van der Waals surface area contributed by atoms with Gasteiger partial charge in [-0.15, -0.1) is 0 Å². The first-order valence-electron chi connectivity index (χ1n) is 9.71. The van der Waals surface area contributed by atoms with Gasteiger partial charge in [0.2, 0.25) is 5.91 Å². The van der Waals surface area contributed by atoms with Gasteiger partial charge in [0, 0.05) is 22.1 Å². The lowest BCUT2D eigenvalue weighted by molar-refractivity contribution is -0.142. The van der Waals surface area contributed by atoms with Gasteiger partial charge in [0.05, 0.1) is 0 Å². The number of amides is 2. The molecule has 0 aliphatic carbocycles. The summed E-state index contributed by atoms with van der Waals surface area (Å²) in [5, 5.41) is 3.85. The molecular formula is C23H28Cl2N2O3. The molecule has 2 amide bonds. The summed E-state index contributed by atoms with van der Waals surface area (Å²) in [6, 6.07) is 11.8. The summed E-state index contributed by atoms with van der Waals surface area (Å²) in [4.78, 5) is 27.3.